The summed E-state index contributed by atoms with van der Waals surface area (Å²) in [6.45, 7) is 5.02. The Labute approximate surface area is 150 Å². The molecular formula is C19H18INO2. The lowest BCUT2D eigenvalue weighted by molar-refractivity contribution is 0.287. The summed E-state index contributed by atoms with van der Waals surface area (Å²) in [6.07, 6.45) is 1.86. The lowest BCUT2D eigenvalue weighted by Gasteiger charge is -2.11. The molecule has 4 heteroatoms. The zero-order valence-corrected chi connectivity index (χ0v) is 15.3. The first-order valence-corrected chi connectivity index (χ1v) is 8.53. The highest BCUT2D eigenvalue weighted by molar-refractivity contribution is 14.1. The van der Waals surface area contributed by atoms with Crippen molar-refractivity contribution in [2.24, 2.45) is 0 Å². The summed E-state index contributed by atoms with van der Waals surface area (Å²) in [5.41, 5.74) is 2.43. The molecule has 0 unspecified atom stereocenters. The lowest BCUT2D eigenvalue weighted by Crippen LogP contribution is -1.98. The van der Waals surface area contributed by atoms with Gasteiger partial charge < -0.3 is 9.47 Å². The molecule has 3 nitrogen and oxygen atoms in total. The average molecular weight is 419 g/mol. The fourth-order valence-electron chi connectivity index (χ4n) is 2.13. The lowest BCUT2D eigenvalue weighted by atomic mass is 10.0. The van der Waals surface area contributed by atoms with Gasteiger partial charge in [0.05, 0.1) is 24.9 Å². The summed E-state index contributed by atoms with van der Waals surface area (Å²) in [4.78, 5) is 0. The van der Waals surface area contributed by atoms with Crippen LogP contribution in [-0.2, 0) is 0 Å². The predicted molar refractivity (Wildman–Crippen MR) is 101 cm³/mol. The molecule has 0 aromatic heterocycles. The maximum absolute atomic E-state index is 9.45. The van der Waals surface area contributed by atoms with Gasteiger partial charge in [0, 0.05) is 3.57 Å². The van der Waals surface area contributed by atoms with Crippen LogP contribution in [0.3, 0.4) is 0 Å². The molecule has 2 aromatic carbocycles. The monoisotopic (exact) mass is 419 g/mol. The molecule has 2 aromatic rings. The number of hydrogen-bond donors (Lipinski definition) is 0. The zero-order valence-electron chi connectivity index (χ0n) is 13.2. The van der Waals surface area contributed by atoms with Gasteiger partial charge in [-0.05, 0) is 77.9 Å². The SMILES string of the molecule is CCOc1ccc(/C=C(/C#N)c2ccc(I)cc2)cc1OCC. The van der Waals surface area contributed by atoms with Crippen LogP contribution in [0.5, 0.6) is 11.5 Å². The molecule has 0 aliphatic rings. The first kappa shape index (κ1) is 17.4. The Morgan fingerprint density at radius 2 is 1.70 bits per heavy atom. The number of ether oxygens (including phenoxy) is 2. The van der Waals surface area contributed by atoms with E-state index in [2.05, 4.69) is 28.7 Å². The third-order valence-electron chi connectivity index (χ3n) is 3.15. The van der Waals surface area contributed by atoms with Gasteiger partial charge in [0.2, 0.25) is 0 Å². The zero-order chi connectivity index (χ0) is 16.7. The average Bonchev–Trinajstić information content (AvgIpc) is 2.56. The molecule has 0 bridgehead atoms. The maximum atomic E-state index is 9.45. The maximum Gasteiger partial charge on any atom is 0.161 e. The van der Waals surface area contributed by atoms with Crippen molar-refractivity contribution in [3.63, 3.8) is 0 Å². The second-order valence-corrected chi connectivity index (χ2v) is 5.99. The minimum Gasteiger partial charge on any atom is -0.490 e. The molecular weight excluding hydrogens is 401 g/mol. The third kappa shape index (κ3) is 4.73. The molecule has 2 rings (SSSR count). The van der Waals surface area contributed by atoms with E-state index in [1.807, 2.05) is 62.4 Å². The molecule has 0 N–H and O–H groups in total. The largest absolute Gasteiger partial charge is 0.490 e. The van der Waals surface area contributed by atoms with Gasteiger partial charge in [0.25, 0.3) is 0 Å². The van der Waals surface area contributed by atoms with E-state index >= 15 is 0 Å². The summed E-state index contributed by atoms with van der Waals surface area (Å²) >= 11 is 2.25. The summed E-state index contributed by atoms with van der Waals surface area (Å²) < 4.78 is 12.3. The van der Waals surface area contributed by atoms with Crippen LogP contribution in [0, 0.1) is 14.9 Å². The summed E-state index contributed by atoms with van der Waals surface area (Å²) in [6, 6.07) is 15.9. The predicted octanol–water partition coefficient (Wildman–Crippen LogP) is 5.15. The van der Waals surface area contributed by atoms with Crippen molar-refractivity contribution in [2.45, 2.75) is 13.8 Å². The first-order chi connectivity index (χ1) is 11.2. The van der Waals surface area contributed by atoms with E-state index in [-0.39, 0.29) is 0 Å². The second kappa shape index (κ2) is 8.59. The van der Waals surface area contributed by atoms with Crippen LogP contribution in [0.4, 0.5) is 0 Å². The smallest absolute Gasteiger partial charge is 0.161 e. The van der Waals surface area contributed by atoms with Crippen molar-refractivity contribution in [1.82, 2.24) is 0 Å². The van der Waals surface area contributed by atoms with Crippen molar-refractivity contribution in [3.8, 4) is 17.6 Å². The van der Waals surface area contributed by atoms with Gasteiger partial charge in [-0.3, -0.25) is 0 Å². The van der Waals surface area contributed by atoms with E-state index in [4.69, 9.17) is 9.47 Å². The van der Waals surface area contributed by atoms with Crippen LogP contribution in [0.1, 0.15) is 25.0 Å². The Morgan fingerprint density at radius 3 is 2.30 bits per heavy atom. The molecule has 0 saturated heterocycles. The summed E-state index contributed by atoms with van der Waals surface area (Å²) in [5.74, 6) is 1.42. The normalized spacial score (nSPS) is 11.0. The van der Waals surface area contributed by atoms with E-state index in [1.54, 1.807) is 0 Å². The molecule has 0 radical (unpaired) electrons. The van der Waals surface area contributed by atoms with Crippen LogP contribution in [0.15, 0.2) is 42.5 Å². The Kier molecular flexibility index (Phi) is 6.48. The minimum absolute atomic E-state index is 0.565. The number of halogens is 1. The van der Waals surface area contributed by atoms with Gasteiger partial charge in [0.15, 0.2) is 11.5 Å². The van der Waals surface area contributed by atoms with Crippen LogP contribution in [0.25, 0.3) is 11.6 Å². The topological polar surface area (TPSA) is 42.2 Å². The molecule has 0 heterocycles. The second-order valence-electron chi connectivity index (χ2n) is 4.75. The van der Waals surface area contributed by atoms with Crippen molar-refractivity contribution in [2.75, 3.05) is 13.2 Å². The van der Waals surface area contributed by atoms with E-state index in [0.29, 0.717) is 24.5 Å². The molecule has 0 aliphatic heterocycles. The highest BCUT2D eigenvalue weighted by Crippen LogP contribution is 2.30. The number of allylic oxidation sites excluding steroid dienone is 1. The highest BCUT2D eigenvalue weighted by Gasteiger charge is 2.07. The molecule has 0 amide bonds. The van der Waals surface area contributed by atoms with Crippen LogP contribution in [-0.4, -0.2) is 13.2 Å². The third-order valence-corrected chi connectivity index (χ3v) is 3.87. The van der Waals surface area contributed by atoms with Crippen molar-refractivity contribution in [3.05, 3.63) is 57.2 Å². The summed E-state index contributed by atoms with van der Waals surface area (Å²) in [5, 5.41) is 9.45. The molecule has 0 fully saturated rings. The summed E-state index contributed by atoms with van der Waals surface area (Å²) in [7, 11) is 0. The number of hydrogen-bond acceptors (Lipinski definition) is 3. The Bertz CT molecular complexity index is 730. The number of rotatable bonds is 6. The number of nitriles is 1. The van der Waals surface area contributed by atoms with Gasteiger partial charge in [-0.15, -0.1) is 0 Å². The van der Waals surface area contributed by atoms with Gasteiger partial charge in [-0.2, -0.15) is 5.26 Å². The van der Waals surface area contributed by atoms with Gasteiger partial charge in [-0.25, -0.2) is 0 Å². The molecule has 118 valence electrons. The Balaban J connectivity index is 2.37. The van der Waals surface area contributed by atoms with Crippen molar-refractivity contribution >= 4 is 34.2 Å². The number of nitrogens with zero attached hydrogens (tertiary/aromatic N) is 1. The van der Waals surface area contributed by atoms with Gasteiger partial charge in [0.1, 0.15) is 0 Å². The van der Waals surface area contributed by atoms with Gasteiger partial charge >= 0.3 is 0 Å². The molecule has 0 aliphatic carbocycles. The van der Waals surface area contributed by atoms with Gasteiger partial charge in [-0.1, -0.05) is 18.2 Å². The fourth-order valence-corrected chi connectivity index (χ4v) is 2.49. The molecule has 0 spiro atoms. The fraction of sp³-hybridized carbons (Fsp3) is 0.211. The quantitative estimate of drug-likeness (QED) is 0.369. The van der Waals surface area contributed by atoms with Crippen molar-refractivity contribution < 1.29 is 9.47 Å². The van der Waals surface area contributed by atoms with E-state index in [9.17, 15) is 5.26 Å². The standard InChI is InChI=1S/C19H18INO2/c1-3-22-18-10-5-14(12-19(18)23-4-2)11-16(13-21)15-6-8-17(20)9-7-15/h5-12H,3-4H2,1-2H3/b16-11-. The van der Waals surface area contributed by atoms with Crippen LogP contribution >= 0.6 is 22.6 Å². The van der Waals surface area contributed by atoms with E-state index < -0.39 is 0 Å². The minimum atomic E-state index is 0.565. The van der Waals surface area contributed by atoms with Crippen molar-refractivity contribution in [1.29, 1.82) is 5.26 Å². The van der Waals surface area contributed by atoms with E-state index in [1.165, 1.54) is 0 Å². The molecule has 23 heavy (non-hydrogen) atoms. The highest BCUT2D eigenvalue weighted by atomic mass is 127. The molecule has 0 saturated carbocycles. The Hall–Kier alpha value is -2.00. The number of benzene rings is 2. The van der Waals surface area contributed by atoms with Crippen LogP contribution in [0.2, 0.25) is 0 Å². The van der Waals surface area contributed by atoms with E-state index in [0.717, 1.165) is 20.4 Å². The Morgan fingerprint density at radius 1 is 1.04 bits per heavy atom. The first-order valence-electron chi connectivity index (χ1n) is 7.45. The molecule has 0 atom stereocenters. The van der Waals surface area contributed by atoms with Crippen LogP contribution < -0.4 is 9.47 Å².